The van der Waals surface area contributed by atoms with Crippen molar-refractivity contribution in [3.8, 4) is 12.3 Å². The van der Waals surface area contributed by atoms with Crippen LogP contribution >= 0.6 is 0 Å². The minimum atomic E-state index is 0.229. The first-order chi connectivity index (χ1) is 17.2. The number of hydrogen-bond acceptors (Lipinski definition) is 3. The average molecular weight is 462 g/mol. The van der Waals surface area contributed by atoms with Gasteiger partial charge in [0, 0.05) is 36.2 Å². The average Bonchev–Trinajstić information content (AvgIpc) is 2.90. The van der Waals surface area contributed by atoms with Gasteiger partial charge in [-0.15, -0.1) is 6.42 Å². The Morgan fingerprint density at radius 3 is 1.74 bits per heavy atom. The summed E-state index contributed by atoms with van der Waals surface area (Å²) in [5.41, 5.74) is 3.55. The summed E-state index contributed by atoms with van der Waals surface area (Å²) in [7, 11) is 0. The Bertz CT molecular complexity index is 1050. The van der Waals surface area contributed by atoms with Gasteiger partial charge in [0.15, 0.2) is 0 Å². The van der Waals surface area contributed by atoms with Crippen LogP contribution in [0.3, 0.4) is 0 Å². The first kappa shape index (κ1) is 27.0. The van der Waals surface area contributed by atoms with Crippen LogP contribution in [0.15, 0.2) is 127 Å². The molecule has 1 atom stereocenters. The van der Waals surface area contributed by atoms with E-state index in [1.54, 1.807) is 13.0 Å². The van der Waals surface area contributed by atoms with Crippen molar-refractivity contribution >= 4 is 23.3 Å². The lowest BCUT2D eigenvalue weighted by Crippen LogP contribution is -2.32. The molecule has 3 nitrogen and oxygen atoms in total. The lowest BCUT2D eigenvalue weighted by Gasteiger charge is -2.29. The van der Waals surface area contributed by atoms with Crippen molar-refractivity contribution in [2.45, 2.75) is 19.9 Å². The fourth-order valence-electron chi connectivity index (χ4n) is 3.53. The Morgan fingerprint density at radius 1 is 0.771 bits per heavy atom. The van der Waals surface area contributed by atoms with Crippen LogP contribution in [-0.2, 0) is 0 Å². The van der Waals surface area contributed by atoms with E-state index in [9.17, 15) is 0 Å². The van der Waals surface area contributed by atoms with E-state index in [-0.39, 0.29) is 6.04 Å². The molecule has 0 bridgehead atoms. The van der Waals surface area contributed by atoms with Gasteiger partial charge < -0.3 is 15.2 Å². The summed E-state index contributed by atoms with van der Waals surface area (Å²) in [5, 5.41) is 6.08. The summed E-state index contributed by atoms with van der Waals surface area (Å²) in [4.78, 5) is 4.69. The van der Waals surface area contributed by atoms with E-state index in [4.69, 9.17) is 11.8 Å². The number of nitrogens with zero attached hydrogens (tertiary/aromatic N) is 2. The molecule has 0 saturated carbocycles. The predicted molar refractivity (Wildman–Crippen MR) is 154 cm³/mol. The standard InChI is InChI=1S/C30H30N2.C2H5N/c1-3-4-5-6-16-25-31(28-19-10-7-11-20-28)27(2)18-17-26-32(29-21-12-8-13-22-29)30-23-14-9-15-24-30;1-2-3/h1,4-24,27H,25-26H2,2H3;2-3H,1H3/b5-4-,16-6-,18-17-;. The number of terminal acetylenes is 1. The summed E-state index contributed by atoms with van der Waals surface area (Å²) in [6.07, 6.45) is 18.8. The van der Waals surface area contributed by atoms with Crippen molar-refractivity contribution in [1.29, 1.82) is 5.41 Å². The third-order valence-electron chi connectivity index (χ3n) is 5.16. The van der Waals surface area contributed by atoms with Crippen molar-refractivity contribution in [3.05, 3.63) is 127 Å². The molecule has 3 heteroatoms. The Morgan fingerprint density at radius 2 is 1.26 bits per heavy atom. The van der Waals surface area contributed by atoms with Crippen LogP contribution in [0.2, 0.25) is 0 Å². The van der Waals surface area contributed by atoms with Gasteiger partial charge in [0.1, 0.15) is 0 Å². The molecule has 0 spiro atoms. The number of allylic oxidation sites excluding steroid dienone is 3. The molecule has 178 valence electrons. The Labute approximate surface area is 211 Å². The lowest BCUT2D eigenvalue weighted by atomic mass is 10.2. The molecule has 0 saturated heterocycles. The fraction of sp³-hybridized carbons (Fsp3) is 0.156. The molecule has 1 unspecified atom stereocenters. The quantitative estimate of drug-likeness (QED) is 0.145. The third kappa shape index (κ3) is 9.61. The van der Waals surface area contributed by atoms with Gasteiger partial charge in [0.25, 0.3) is 0 Å². The number of benzene rings is 3. The van der Waals surface area contributed by atoms with Gasteiger partial charge >= 0.3 is 0 Å². The van der Waals surface area contributed by atoms with Crippen LogP contribution < -0.4 is 9.80 Å². The van der Waals surface area contributed by atoms with Crippen LogP contribution in [0.1, 0.15) is 13.8 Å². The maximum atomic E-state index is 6.08. The number of anilines is 3. The molecule has 0 amide bonds. The van der Waals surface area contributed by atoms with Crippen LogP contribution in [0.4, 0.5) is 17.1 Å². The largest absolute Gasteiger partial charge is 0.362 e. The summed E-state index contributed by atoms with van der Waals surface area (Å²) in [6, 6.07) is 31.7. The molecule has 3 aromatic carbocycles. The van der Waals surface area contributed by atoms with E-state index < -0.39 is 0 Å². The number of nitrogens with one attached hydrogen (secondary N) is 1. The van der Waals surface area contributed by atoms with E-state index in [2.05, 4.69) is 126 Å². The predicted octanol–water partition coefficient (Wildman–Crippen LogP) is 7.68. The van der Waals surface area contributed by atoms with E-state index >= 15 is 0 Å². The normalized spacial score (nSPS) is 11.6. The zero-order valence-corrected chi connectivity index (χ0v) is 20.7. The van der Waals surface area contributed by atoms with E-state index in [1.165, 1.54) is 23.3 Å². The molecule has 0 radical (unpaired) electrons. The number of hydrogen-bond donors (Lipinski definition) is 1. The van der Waals surface area contributed by atoms with E-state index in [0.717, 1.165) is 13.1 Å². The van der Waals surface area contributed by atoms with Gasteiger partial charge in [-0.1, -0.05) is 90.9 Å². The SMILES string of the molecule is C#C/C=C\C=C/CN(c1ccccc1)C(C)/C=C\CN(c1ccccc1)c1ccccc1.CC=N. The first-order valence-electron chi connectivity index (χ1n) is 11.8. The van der Waals surface area contributed by atoms with Crippen molar-refractivity contribution in [2.75, 3.05) is 22.9 Å². The van der Waals surface area contributed by atoms with Crippen LogP contribution in [0.5, 0.6) is 0 Å². The maximum absolute atomic E-state index is 6.08. The number of rotatable bonds is 10. The summed E-state index contributed by atoms with van der Waals surface area (Å²) < 4.78 is 0. The highest BCUT2D eigenvalue weighted by atomic mass is 15.2. The maximum Gasteiger partial charge on any atom is 0.0448 e. The van der Waals surface area contributed by atoms with Crippen molar-refractivity contribution < 1.29 is 0 Å². The molecule has 0 aliphatic rings. The number of para-hydroxylation sites is 3. The topological polar surface area (TPSA) is 30.3 Å². The molecule has 1 N–H and O–H groups in total. The molecule has 0 heterocycles. The molecule has 0 aliphatic carbocycles. The van der Waals surface area contributed by atoms with Crippen LogP contribution in [0, 0.1) is 17.8 Å². The fourth-order valence-corrected chi connectivity index (χ4v) is 3.53. The lowest BCUT2D eigenvalue weighted by molar-refractivity contribution is 0.780. The summed E-state index contributed by atoms with van der Waals surface area (Å²) in [6.45, 7) is 5.48. The minimum absolute atomic E-state index is 0.229. The molecule has 0 aromatic heterocycles. The minimum Gasteiger partial charge on any atom is -0.362 e. The van der Waals surface area contributed by atoms with E-state index in [1.807, 2.05) is 18.2 Å². The van der Waals surface area contributed by atoms with Gasteiger partial charge in [-0.2, -0.15) is 0 Å². The Balaban J connectivity index is 0.00000137. The van der Waals surface area contributed by atoms with Crippen LogP contribution in [-0.4, -0.2) is 25.3 Å². The smallest absolute Gasteiger partial charge is 0.0448 e. The second-order valence-corrected chi connectivity index (χ2v) is 7.68. The van der Waals surface area contributed by atoms with Crippen LogP contribution in [0.25, 0.3) is 0 Å². The Kier molecular flexibility index (Phi) is 12.6. The first-order valence-corrected chi connectivity index (χ1v) is 11.8. The van der Waals surface area contributed by atoms with Gasteiger partial charge in [0.05, 0.1) is 0 Å². The molecular weight excluding hydrogens is 426 g/mol. The second kappa shape index (κ2) is 16.3. The van der Waals surface area contributed by atoms with Gasteiger partial charge in [-0.3, -0.25) is 0 Å². The third-order valence-corrected chi connectivity index (χ3v) is 5.16. The molecule has 0 fully saturated rings. The Hall–Kier alpha value is -4.29. The van der Waals surface area contributed by atoms with Gasteiger partial charge in [-0.25, -0.2) is 0 Å². The zero-order chi connectivity index (χ0) is 25.1. The highest BCUT2D eigenvalue weighted by molar-refractivity contribution is 5.63. The molecule has 0 aliphatic heterocycles. The van der Waals surface area contributed by atoms with Crippen molar-refractivity contribution in [3.63, 3.8) is 0 Å². The van der Waals surface area contributed by atoms with Crippen molar-refractivity contribution in [1.82, 2.24) is 0 Å². The zero-order valence-electron chi connectivity index (χ0n) is 20.7. The molecular formula is C32H35N3. The summed E-state index contributed by atoms with van der Waals surface area (Å²) in [5.74, 6) is 2.51. The monoisotopic (exact) mass is 461 g/mol. The summed E-state index contributed by atoms with van der Waals surface area (Å²) >= 11 is 0. The second-order valence-electron chi connectivity index (χ2n) is 7.68. The van der Waals surface area contributed by atoms with Gasteiger partial charge in [-0.05, 0) is 62.5 Å². The van der Waals surface area contributed by atoms with Crippen molar-refractivity contribution in [2.24, 2.45) is 0 Å². The van der Waals surface area contributed by atoms with E-state index in [0.29, 0.717) is 0 Å². The molecule has 35 heavy (non-hydrogen) atoms. The van der Waals surface area contributed by atoms with Gasteiger partial charge in [0.2, 0.25) is 0 Å². The molecule has 3 aromatic rings. The molecule has 3 rings (SSSR count). The highest BCUT2D eigenvalue weighted by Gasteiger charge is 2.11. The highest BCUT2D eigenvalue weighted by Crippen LogP contribution is 2.25.